The van der Waals surface area contributed by atoms with Gasteiger partial charge in [0.2, 0.25) is 5.91 Å². The third-order valence-electron chi connectivity index (χ3n) is 3.36. The predicted molar refractivity (Wildman–Crippen MR) is 80.5 cm³/mol. The Morgan fingerprint density at radius 1 is 1.50 bits per heavy atom. The molecule has 5 nitrogen and oxygen atoms in total. The molecule has 6 heteroatoms. The van der Waals surface area contributed by atoms with Crippen LogP contribution in [0.2, 0.25) is 0 Å². The summed E-state index contributed by atoms with van der Waals surface area (Å²) in [5.41, 5.74) is 1.44. The fourth-order valence-corrected chi connectivity index (χ4v) is 2.72. The largest absolute Gasteiger partial charge is 0.392 e. The number of fused-ring (bicyclic) bond motifs is 1. The molecule has 1 aliphatic heterocycles. The van der Waals surface area contributed by atoms with Gasteiger partial charge in [-0.15, -0.1) is 0 Å². The lowest BCUT2D eigenvalue weighted by Gasteiger charge is -2.12. The molecule has 2 aromatic rings. The lowest BCUT2D eigenvalue weighted by atomic mass is 10.1. The minimum absolute atomic E-state index is 0.140. The predicted octanol–water partition coefficient (Wildman–Crippen LogP) is 1.66. The number of aromatic nitrogens is 1. The van der Waals surface area contributed by atoms with Gasteiger partial charge in [0.25, 0.3) is 0 Å². The molecule has 3 rings (SSSR count). The maximum absolute atomic E-state index is 12.1. The number of anilines is 1. The van der Waals surface area contributed by atoms with Gasteiger partial charge in [0, 0.05) is 22.6 Å². The average Bonchev–Trinajstić information content (AvgIpc) is 2.85. The summed E-state index contributed by atoms with van der Waals surface area (Å²) in [7, 11) is 0. The summed E-state index contributed by atoms with van der Waals surface area (Å²) in [4.78, 5) is 16.5. The molecule has 0 saturated carbocycles. The fourth-order valence-electron chi connectivity index (χ4n) is 2.37. The van der Waals surface area contributed by atoms with Gasteiger partial charge in [0.15, 0.2) is 0 Å². The van der Waals surface area contributed by atoms with Crippen LogP contribution in [0.25, 0.3) is 10.9 Å². The first-order chi connectivity index (χ1) is 9.63. The quantitative estimate of drug-likeness (QED) is 0.780. The van der Waals surface area contributed by atoms with Crippen molar-refractivity contribution in [2.75, 3.05) is 11.9 Å². The van der Waals surface area contributed by atoms with Gasteiger partial charge in [0.05, 0.1) is 23.3 Å². The van der Waals surface area contributed by atoms with Crippen molar-refractivity contribution in [3.05, 3.63) is 34.9 Å². The van der Waals surface area contributed by atoms with Gasteiger partial charge in [-0.25, -0.2) is 0 Å². The van der Waals surface area contributed by atoms with Gasteiger partial charge >= 0.3 is 0 Å². The van der Waals surface area contributed by atoms with Gasteiger partial charge in [-0.1, -0.05) is 12.1 Å². The first-order valence-electron chi connectivity index (χ1n) is 6.40. The molecule has 1 fully saturated rings. The van der Waals surface area contributed by atoms with E-state index < -0.39 is 6.10 Å². The maximum Gasteiger partial charge on any atom is 0.241 e. The van der Waals surface area contributed by atoms with Crippen molar-refractivity contribution in [3.8, 4) is 0 Å². The molecule has 0 aliphatic carbocycles. The van der Waals surface area contributed by atoms with Gasteiger partial charge in [-0.2, -0.15) is 0 Å². The molecule has 0 spiro atoms. The summed E-state index contributed by atoms with van der Waals surface area (Å²) in [5.74, 6) is -0.140. The number of hydrogen-bond donors (Lipinski definition) is 3. The number of nitrogens with one attached hydrogen (secondary N) is 2. The van der Waals surface area contributed by atoms with E-state index in [1.807, 2.05) is 24.3 Å². The second-order valence-corrected chi connectivity index (χ2v) is 5.79. The molecule has 20 heavy (non-hydrogen) atoms. The van der Waals surface area contributed by atoms with E-state index in [0.717, 1.165) is 15.4 Å². The van der Waals surface area contributed by atoms with Crippen molar-refractivity contribution >= 4 is 38.4 Å². The minimum atomic E-state index is -0.452. The molecule has 0 radical (unpaired) electrons. The summed E-state index contributed by atoms with van der Waals surface area (Å²) in [6, 6.07) is 7.25. The van der Waals surface area contributed by atoms with Crippen LogP contribution in [0.4, 0.5) is 5.69 Å². The summed E-state index contributed by atoms with van der Waals surface area (Å²) >= 11 is 3.38. The molecular weight excluding hydrogens is 322 g/mol. The Morgan fingerprint density at radius 2 is 2.35 bits per heavy atom. The third kappa shape index (κ3) is 2.67. The number of benzene rings is 1. The number of amides is 1. The Hall–Kier alpha value is -1.50. The number of para-hydroxylation sites is 1. The maximum atomic E-state index is 12.1. The number of rotatable bonds is 2. The number of halogens is 1. The van der Waals surface area contributed by atoms with Crippen LogP contribution in [0.5, 0.6) is 0 Å². The number of carbonyl (C=O) groups is 1. The van der Waals surface area contributed by atoms with Crippen molar-refractivity contribution in [1.29, 1.82) is 0 Å². The second-order valence-electron chi connectivity index (χ2n) is 4.87. The summed E-state index contributed by atoms with van der Waals surface area (Å²) in [6.45, 7) is 0.457. The lowest BCUT2D eigenvalue weighted by Crippen LogP contribution is -2.35. The summed E-state index contributed by atoms with van der Waals surface area (Å²) in [5, 5.41) is 16.3. The third-order valence-corrected chi connectivity index (χ3v) is 3.79. The molecule has 2 heterocycles. The number of nitrogens with zero attached hydrogens (tertiary/aromatic N) is 1. The van der Waals surface area contributed by atoms with E-state index in [2.05, 4.69) is 31.5 Å². The topological polar surface area (TPSA) is 74.2 Å². The molecule has 2 atom stereocenters. The molecule has 3 N–H and O–H groups in total. The number of carbonyl (C=O) groups excluding carboxylic acids is 1. The molecule has 1 saturated heterocycles. The Bertz CT molecular complexity index is 662. The molecule has 104 valence electrons. The van der Waals surface area contributed by atoms with Crippen molar-refractivity contribution in [2.45, 2.75) is 18.6 Å². The standard InChI is InChI=1S/C14H14BrN3O2/c15-9-4-8-2-1-3-11(13(8)17-6-9)18-14(20)12-5-10(19)7-16-12/h1-4,6,10,12,16,19H,5,7H2,(H,18,20). The van der Waals surface area contributed by atoms with E-state index in [1.54, 1.807) is 6.20 Å². The van der Waals surface area contributed by atoms with Crippen LogP contribution in [0, 0.1) is 0 Å². The van der Waals surface area contributed by atoms with Gasteiger partial charge in [0.1, 0.15) is 0 Å². The van der Waals surface area contributed by atoms with Crippen LogP contribution in [-0.4, -0.2) is 34.7 Å². The van der Waals surface area contributed by atoms with E-state index in [-0.39, 0.29) is 11.9 Å². The molecule has 1 aliphatic rings. The van der Waals surface area contributed by atoms with Crippen molar-refractivity contribution in [1.82, 2.24) is 10.3 Å². The van der Waals surface area contributed by atoms with Gasteiger partial charge in [-0.05, 0) is 34.5 Å². The van der Waals surface area contributed by atoms with Crippen LogP contribution in [0.3, 0.4) is 0 Å². The van der Waals surface area contributed by atoms with Crippen molar-refractivity contribution in [3.63, 3.8) is 0 Å². The van der Waals surface area contributed by atoms with Crippen LogP contribution in [-0.2, 0) is 4.79 Å². The van der Waals surface area contributed by atoms with Crippen LogP contribution in [0.15, 0.2) is 34.9 Å². The Morgan fingerprint density at radius 3 is 3.10 bits per heavy atom. The Labute approximate surface area is 124 Å². The van der Waals surface area contributed by atoms with E-state index in [0.29, 0.717) is 18.7 Å². The number of aliphatic hydroxyl groups excluding tert-OH is 1. The van der Waals surface area contributed by atoms with Gasteiger partial charge < -0.3 is 15.7 Å². The molecular formula is C14H14BrN3O2. The van der Waals surface area contributed by atoms with Crippen LogP contribution < -0.4 is 10.6 Å². The zero-order valence-electron chi connectivity index (χ0n) is 10.6. The molecule has 0 bridgehead atoms. The monoisotopic (exact) mass is 335 g/mol. The number of pyridine rings is 1. The number of aliphatic hydroxyl groups is 1. The highest BCUT2D eigenvalue weighted by molar-refractivity contribution is 9.10. The Balaban J connectivity index is 1.85. The highest BCUT2D eigenvalue weighted by Gasteiger charge is 2.28. The van der Waals surface area contributed by atoms with Gasteiger partial charge in [-0.3, -0.25) is 9.78 Å². The molecule has 1 amide bonds. The number of β-amino-alcohol motifs (C(OH)–C–C–N with tert-alkyl or cyclic N) is 1. The smallest absolute Gasteiger partial charge is 0.241 e. The number of hydrogen-bond acceptors (Lipinski definition) is 4. The Kier molecular flexibility index (Phi) is 3.69. The lowest BCUT2D eigenvalue weighted by molar-refractivity contribution is -0.117. The van der Waals surface area contributed by atoms with E-state index >= 15 is 0 Å². The second kappa shape index (κ2) is 5.47. The van der Waals surface area contributed by atoms with Crippen molar-refractivity contribution in [2.24, 2.45) is 0 Å². The summed E-state index contributed by atoms with van der Waals surface area (Å²) in [6.07, 6.45) is 1.69. The minimum Gasteiger partial charge on any atom is -0.392 e. The SMILES string of the molecule is O=C(Nc1cccc2cc(Br)cnc12)C1CC(O)CN1. The van der Waals surface area contributed by atoms with E-state index in [9.17, 15) is 9.90 Å². The average molecular weight is 336 g/mol. The highest BCUT2D eigenvalue weighted by Crippen LogP contribution is 2.24. The summed E-state index contributed by atoms with van der Waals surface area (Å²) < 4.78 is 0.897. The molecule has 2 unspecified atom stereocenters. The fraction of sp³-hybridized carbons (Fsp3) is 0.286. The zero-order valence-corrected chi connectivity index (χ0v) is 12.2. The normalized spacial score (nSPS) is 22.1. The van der Waals surface area contributed by atoms with Crippen LogP contribution in [0.1, 0.15) is 6.42 Å². The van der Waals surface area contributed by atoms with E-state index in [4.69, 9.17) is 0 Å². The highest BCUT2D eigenvalue weighted by atomic mass is 79.9. The van der Waals surface area contributed by atoms with Crippen LogP contribution >= 0.6 is 15.9 Å². The molecule has 1 aromatic heterocycles. The van der Waals surface area contributed by atoms with Crippen molar-refractivity contribution < 1.29 is 9.90 Å². The first kappa shape index (κ1) is 13.5. The first-order valence-corrected chi connectivity index (χ1v) is 7.19. The zero-order chi connectivity index (χ0) is 14.1. The van der Waals surface area contributed by atoms with E-state index in [1.165, 1.54) is 0 Å². The molecule has 1 aromatic carbocycles.